The fourth-order valence-electron chi connectivity index (χ4n) is 1.28. The lowest BCUT2D eigenvalue weighted by Gasteiger charge is -2.16. The molecule has 0 spiro atoms. The molecule has 0 aliphatic rings. The molecule has 0 aliphatic carbocycles. The molecule has 1 aromatic rings. The van der Waals surface area contributed by atoms with Crippen LogP contribution >= 0.6 is 7.60 Å². The van der Waals surface area contributed by atoms with Crippen molar-refractivity contribution >= 4 is 13.6 Å². The Morgan fingerprint density at radius 2 is 1.80 bits per heavy atom. The average Bonchev–Trinajstić information content (AvgIpc) is 2.51. The Kier molecular flexibility index (Phi) is 6.45. The minimum Gasteiger partial charge on any atom is -0.497 e. The maximum Gasteiger partial charge on any atom is 0.399 e. The second-order valence-corrected chi connectivity index (χ2v) is 5.70. The monoisotopic (exact) mass is 300 g/mol. The highest BCUT2D eigenvalue weighted by Crippen LogP contribution is 2.55. The zero-order valence-corrected chi connectivity index (χ0v) is 12.5. The fourth-order valence-corrected chi connectivity index (χ4v) is 2.19. The van der Waals surface area contributed by atoms with Crippen LogP contribution in [0.3, 0.4) is 0 Å². The molecule has 0 N–H and O–H groups in total. The van der Waals surface area contributed by atoms with Gasteiger partial charge >= 0.3 is 13.6 Å². The van der Waals surface area contributed by atoms with E-state index in [-0.39, 0.29) is 5.50 Å². The third-order valence-electron chi connectivity index (χ3n) is 2.31. The van der Waals surface area contributed by atoms with Crippen molar-refractivity contribution in [2.45, 2.75) is 6.92 Å². The van der Waals surface area contributed by atoms with Crippen molar-refractivity contribution in [3.63, 3.8) is 0 Å². The van der Waals surface area contributed by atoms with Crippen LogP contribution < -0.4 is 0 Å². The second kappa shape index (κ2) is 7.85. The van der Waals surface area contributed by atoms with Crippen LogP contribution in [0.1, 0.15) is 17.3 Å². The Hall–Kier alpha value is -1.62. The maximum atomic E-state index is 12.3. The van der Waals surface area contributed by atoms with Crippen LogP contribution in [0.15, 0.2) is 42.1 Å². The number of benzene rings is 1. The Labute approximate surface area is 117 Å². The molecule has 0 amide bonds. The first-order valence-corrected chi connectivity index (χ1v) is 7.42. The Morgan fingerprint density at radius 1 is 1.20 bits per heavy atom. The van der Waals surface area contributed by atoms with Crippen LogP contribution in [-0.4, -0.2) is 26.8 Å². The summed E-state index contributed by atoms with van der Waals surface area (Å²) < 4.78 is 31.9. The summed E-state index contributed by atoms with van der Waals surface area (Å²) in [6.45, 7) is 2.05. The van der Waals surface area contributed by atoms with Crippen molar-refractivity contribution in [3.8, 4) is 0 Å². The normalized spacial score (nSPS) is 12.1. The Bertz CT molecular complexity index is 503. The van der Waals surface area contributed by atoms with E-state index >= 15 is 0 Å². The highest BCUT2D eigenvalue weighted by Gasteiger charge is 2.32. The van der Waals surface area contributed by atoms with Gasteiger partial charge in [-0.3, -0.25) is 4.57 Å². The van der Waals surface area contributed by atoms with Gasteiger partial charge in [0.05, 0.1) is 12.2 Å². The highest BCUT2D eigenvalue weighted by molar-refractivity contribution is 7.58. The van der Waals surface area contributed by atoms with E-state index in [0.29, 0.717) is 12.2 Å². The van der Waals surface area contributed by atoms with Gasteiger partial charge in [0.25, 0.3) is 5.50 Å². The van der Waals surface area contributed by atoms with E-state index in [1.54, 1.807) is 37.3 Å². The number of carbonyl (C=O) groups is 1. The number of carbonyl (C=O) groups excluding carboxylic acids is 1. The molecule has 6 nitrogen and oxygen atoms in total. The first-order chi connectivity index (χ1) is 9.57. The number of ether oxygens (including phenoxy) is 2. The molecule has 0 atom stereocenters. The molecule has 0 unspecified atom stereocenters. The molecule has 1 rings (SSSR count). The molecule has 0 heterocycles. The van der Waals surface area contributed by atoms with E-state index in [2.05, 4.69) is 0 Å². The van der Waals surface area contributed by atoms with E-state index in [0.717, 1.165) is 6.26 Å². The number of rotatable bonds is 7. The van der Waals surface area contributed by atoms with Crippen LogP contribution in [0, 0.1) is 0 Å². The summed E-state index contributed by atoms with van der Waals surface area (Å²) in [6, 6.07) is 8.29. The quantitative estimate of drug-likeness (QED) is 0.437. The molecule has 0 saturated heterocycles. The van der Waals surface area contributed by atoms with Crippen LogP contribution in [0.5, 0.6) is 0 Å². The largest absolute Gasteiger partial charge is 0.497 e. The topological polar surface area (TPSA) is 71.1 Å². The van der Waals surface area contributed by atoms with Gasteiger partial charge in [0.1, 0.15) is 6.26 Å². The highest BCUT2D eigenvalue weighted by atomic mass is 31.2. The maximum absolute atomic E-state index is 12.3. The van der Waals surface area contributed by atoms with E-state index in [9.17, 15) is 9.36 Å². The summed E-state index contributed by atoms with van der Waals surface area (Å²) in [5.74, 6) is -0.675. The molecule has 7 heteroatoms. The minimum absolute atomic E-state index is 0.293. The third kappa shape index (κ3) is 4.20. The lowest BCUT2D eigenvalue weighted by atomic mass is 10.2. The summed E-state index contributed by atoms with van der Waals surface area (Å²) in [6.07, 6.45) is 1.06. The molecule has 0 saturated carbocycles. The van der Waals surface area contributed by atoms with Gasteiger partial charge in [0, 0.05) is 14.2 Å². The van der Waals surface area contributed by atoms with Crippen LogP contribution in [-0.2, 0) is 23.1 Å². The van der Waals surface area contributed by atoms with Crippen LogP contribution in [0.4, 0.5) is 0 Å². The molecule has 0 fully saturated rings. The summed E-state index contributed by atoms with van der Waals surface area (Å²) in [5.41, 5.74) is 0.0202. The lowest BCUT2D eigenvalue weighted by molar-refractivity contribution is 0.0617. The van der Waals surface area contributed by atoms with Gasteiger partial charge in [-0.15, -0.1) is 0 Å². The first-order valence-electron chi connectivity index (χ1n) is 5.88. The number of hydrogen-bond donors (Lipinski definition) is 0. The Balaban J connectivity index is 2.97. The van der Waals surface area contributed by atoms with Crippen molar-refractivity contribution in [3.05, 3.63) is 47.7 Å². The van der Waals surface area contributed by atoms with Crippen molar-refractivity contribution in [2.75, 3.05) is 20.8 Å². The summed E-state index contributed by atoms with van der Waals surface area (Å²) in [5, 5.41) is 0. The van der Waals surface area contributed by atoms with Gasteiger partial charge < -0.3 is 18.5 Å². The smallest absolute Gasteiger partial charge is 0.399 e. The first kappa shape index (κ1) is 16.4. The van der Waals surface area contributed by atoms with E-state index in [1.165, 1.54) is 14.2 Å². The molecular formula is C13H17O6P. The van der Waals surface area contributed by atoms with Crippen molar-refractivity contribution in [2.24, 2.45) is 0 Å². The SMILES string of the molecule is CCO/C=C(/OC(=O)c1ccccc1)P(=O)(OC)OC. The second-order valence-electron chi connectivity index (χ2n) is 3.53. The van der Waals surface area contributed by atoms with E-state index < -0.39 is 13.6 Å². The number of hydrogen-bond acceptors (Lipinski definition) is 6. The van der Waals surface area contributed by atoms with Crippen LogP contribution in [0.2, 0.25) is 0 Å². The van der Waals surface area contributed by atoms with Gasteiger partial charge in [0.2, 0.25) is 0 Å². The fraction of sp³-hybridized carbons (Fsp3) is 0.308. The molecule has 1 aromatic carbocycles. The van der Waals surface area contributed by atoms with Gasteiger partial charge in [-0.1, -0.05) is 18.2 Å². The van der Waals surface area contributed by atoms with Crippen LogP contribution in [0.25, 0.3) is 0 Å². The molecule has 110 valence electrons. The summed E-state index contributed by atoms with van der Waals surface area (Å²) >= 11 is 0. The minimum atomic E-state index is -3.70. The third-order valence-corrected chi connectivity index (χ3v) is 4.01. The molecule has 0 bridgehead atoms. The Morgan fingerprint density at radius 3 is 2.30 bits per heavy atom. The molecular weight excluding hydrogens is 283 g/mol. The summed E-state index contributed by atoms with van der Waals surface area (Å²) in [4.78, 5) is 11.9. The number of esters is 1. The van der Waals surface area contributed by atoms with Gasteiger partial charge in [-0.05, 0) is 19.1 Å². The molecule has 0 aliphatic heterocycles. The van der Waals surface area contributed by atoms with Gasteiger partial charge in [-0.2, -0.15) is 0 Å². The standard InChI is InChI=1S/C13H17O6P/c1-4-18-10-12(20(15,16-2)17-3)19-13(14)11-8-6-5-7-9-11/h5-10H,4H2,1-3H3/b12-10-. The van der Waals surface area contributed by atoms with E-state index in [4.69, 9.17) is 18.5 Å². The zero-order chi connectivity index (χ0) is 15.0. The predicted molar refractivity (Wildman–Crippen MR) is 73.2 cm³/mol. The molecule has 0 aromatic heterocycles. The van der Waals surface area contributed by atoms with Crippen molar-refractivity contribution < 1.29 is 27.9 Å². The average molecular weight is 300 g/mol. The van der Waals surface area contributed by atoms with Gasteiger partial charge in [-0.25, -0.2) is 4.79 Å². The van der Waals surface area contributed by atoms with E-state index in [1.807, 2.05) is 0 Å². The lowest BCUT2D eigenvalue weighted by Crippen LogP contribution is -2.07. The summed E-state index contributed by atoms with van der Waals surface area (Å²) in [7, 11) is -1.31. The molecule has 20 heavy (non-hydrogen) atoms. The molecule has 0 radical (unpaired) electrons. The van der Waals surface area contributed by atoms with Crippen molar-refractivity contribution in [1.29, 1.82) is 0 Å². The van der Waals surface area contributed by atoms with Crippen molar-refractivity contribution in [1.82, 2.24) is 0 Å². The predicted octanol–water partition coefficient (Wildman–Crippen LogP) is 3.16. The van der Waals surface area contributed by atoms with Gasteiger partial charge in [0.15, 0.2) is 0 Å². The zero-order valence-electron chi connectivity index (χ0n) is 11.6.